The molecule has 2 N–H and O–H groups in total. The van der Waals surface area contributed by atoms with Gasteiger partial charge in [-0.3, -0.25) is 0 Å². The maximum atomic E-state index is 14.3. The summed E-state index contributed by atoms with van der Waals surface area (Å²) in [6.45, 7) is 6.43. The van der Waals surface area contributed by atoms with E-state index in [1.54, 1.807) is 32.4 Å². The van der Waals surface area contributed by atoms with Crippen LogP contribution < -0.4 is 20.1 Å². The number of hydrogen-bond acceptors (Lipinski definition) is 6. The molecule has 0 aliphatic carbocycles. The van der Waals surface area contributed by atoms with Gasteiger partial charge >= 0.3 is 0 Å². The minimum Gasteiger partial charge on any atom is -0.493 e. The van der Waals surface area contributed by atoms with Crippen LogP contribution in [-0.4, -0.2) is 24.2 Å². The van der Waals surface area contributed by atoms with E-state index in [2.05, 4.69) is 47.4 Å². The zero-order chi connectivity index (χ0) is 21.0. The van der Waals surface area contributed by atoms with Crippen LogP contribution in [0.2, 0.25) is 0 Å². The third-order valence-electron chi connectivity index (χ3n) is 4.38. The fraction of sp³-hybridized carbons (Fsp3) is 0.273. The lowest BCUT2D eigenvalue weighted by atomic mass is 9.87. The van der Waals surface area contributed by atoms with Crippen LogP contribution in [0.25, 0.3) is 0 Å². The Balaban J connectivity index is 1.84. The maximum absolute atomic E-state index is 14.3. The number of rotatable bonds is 6. The molecule has 6 nitrogen and oxygen atoms in total. The first-order chi connectivity index (χ1) is 13.8. The van der Waals surface area contributed by atoms with Gasteiger partial charge in [0.05, 0.1) is 20.4 Å². The van der Waals surface area contributed by atoms with Crippen molar-refractivity contribution in [1.29, 1.82) is 0 Å². The molecule has 0 saturated carbocycles. The summed E-state index contributed by atoms with van der Waals surface area (Å²) >= 11 is 0. The third kappa shape index (κ3) is 4.93. The van der Waals surface area contributed by atoms with Crippen LogP contribution in [0.15, 0.2) is 48.7 Å². The molecule has 0 spiro atoms. The minimum absolute atomic E-state index is 0.0154. The van der Waals surface area contributed by atoms with Crippen molar-refractivity contribution in [1.82, 2.24) is 9.97 Å². The fourth-order valence-corrected chi connectivity index (χ4v) is 2.76. The molecule has 152 valence electrons. The van der Waals surface area contributed by atoms with Gasteiger partial charge in [-0.1, -0.05) is 32.9 Å². The van der Waals surface area contributed by atoms with Crippen LogP contribution >= 0.6 is 0 Å². The molecule has 1 heterocycles. The number of anilines is 4. The summed E-state index contributed by atoms with van der Waals surface area (Å²) in [5.41, 5.74) is 2.64. The smallest absolute Gasteiger partial charge is 0.229 e. The average Bonchev–Trinajstić information content (AvgIpc) is 2.70. The van der Waals surface area contributed by atoms with Crippen molar-refractivity contribution in [3.8, 4) is 11.5 Å². The molecular formula is C22H25FN4O2. The lowest BCUT2D eigenvalue weighted by molar-refractivity contribution is 0.355. The zero-order valence-corrected chi connectivity index (χ0v) is 17.2. The molecular weight excluding hydrogens is 371 g/mol. The molecule has 0 radical (unpaired) electrons. The second kappa shape index (κ2) is 8.34. The lowest BCUT2D eigenvalue weighted by Crippen LogP contribution is -2.11. The first-order valence-electron chi connectivity index (χ1n) is 9.19. The van der Waals surface area contributed by atoms with Crippen LogP contribution in [0.5, 0.6) is 11.5 Å². The number of aromatic nitrogens is 2. The van der Waals surface area contributed by atoms with E-state index in [0.29, 0.717) is 23.1 Å². The normalized spacial score (nSPS) is 11.1. The van der Waals surface area contributed by atoms with E-state index in [1.165, 1.54) is 5.56 Å². The largest absolute Gasteiger partial charge is 0.493 e. The Bertz CT molecular complexity index is 1000. The second-order valence-electron chi connectivity index (χ2n) is 7.54. The quantitative estimate of drug-likeness (QED) is 0.580. The molecule has 3 aromatic rings. The number of ether oxygens (including phenoxy) is 2. The van der Waals surface area contributed by atoms with Gasteiger partial charge in [0.15, 0.2) is 23.1 Å². The van der Waals surface area contributed by atoms with Gasteiger partial charge < -0.3 is 20.1 Å². The van der Waals surface area contributed by atoms with Crippen LogP contribution in [-0.2, 0) is 5.41 Å². The number of nitrogens with one attached hydrogen (secondary N) is 2. The maximum Gasteiger partial charge on any atom is 0.229 e. The summed E-state index contributed by atoms with van der Waals surface area (Å²) in [6.07, 6.45) is 1.13. The highest BCUT2D eigenvalue weighted by Gasteiger charge is 2.14. The number of methoxy groups -OCH3 is 2. The molecule has 0 aliphatic heterocycles. The lowest BCUT2D eigenvalue weighted by Gasteiger charge is -2.20. The van der Waals surface area contributed by atoms with Gasteiger partial charge in [0.1, 0.15) is 0 Å². The van der Waals surface area contributed by atoms with E-state index in [9.17, 15) is 4.39 Å². The highest BCUT2D eigenvalue weighted by Crippen LogP contribution is 2.31. The van der Waals surface area contributed by atoms with Gasteiger partial charge in [-0.05, 0) is 35.2 Å². The predicted molar refractivity (Wildman–Crippen MR) is 113 cm³/mol. The van der Waals surface area contributed by atoms with E-state index in [1.807, 2.05) is 18.2 Å². The van der Waals surface area contributed by atoms with E-state index in [-0.39, 0.29) is 11.2 Å². The van der Waals surface area contributed by atoms with Crippen molar-refractivity contribution in [2.24, 2.45) is 0 Å². The topological polar surface area (TPSA) is 68.3 Å². The summed E-state index contributed by atoms with van der Waals surface area (Å²) in [5, 5.41) is 6.10. The Labute approximate surface area is 170 Å². The van der Waals surface area contributed by atoms with E-state index in [4.69, 9.17) is 9.47 Å². The standard InChI is InChI=1S/C22H25FN4O2/c1-22(2,3)14-7-6-8-15(11-14)26-21-24-13-17(23)20(27-21)25-16-9-10-18(28-4)19(12-16)29-5/h6-13H,1-5H3,(H2,24,25,26,27). The summed E-state index contributed by atoms with van der Waals surface area (Å²) in [5.74, 6) is 0.905. The predicted octanol–water partition coefficient (Wildman–Crippen LogP) is 5.42. The zero-order valence-electron chi connectivity index (χ0n) is 17.2. The molecule has 0 atom stereocenters. The fourth-order valence-electron chi connectivity index (χ4n) is 2.76. The van der Waals surface area contributed by atoms with Crippen LogP contribution in [0.1, 0.15) is 26.3 Å². The molecule has 0 amide bonds. The SMILES string of the molecule is COc1ccc(Nc2nc(Nc3cccc(C(C)(C)C)c3)ncc2F)cc1OC. The highest BCUT2D eigenvalue weighted by molar-refractivity contribution is 5.63. The molecule has 0 aliphatic rings. The summed E-state index contributed by atoms with van der Waals surface area (Å²) in [4.78, 5) is 8.32. The van der Waals surface area contributed by atoms with Gasteiger partial charge in [0.25, 0.3) is 0 Å². The van der Waals surface area contributed by atoms with Crippen molar-refractivity contribution in [2.45, 2.75) is 26.2 Å². The second-order valence-corrected chi connectivity index (χ2v) is 7.54. The summed E-state index contributed by atoms with van der Waals surface area (Å²) in [7, 11) is 3.10. The number of halogens is 1. The van der Waals surface area contributed by atoms with Crippen molar-refractivity contribution < 1.29 is 13.9 Å². The van der Waals surface area contributed by atoms with Crippen molar-refractivity contribution >= 4 is 23.1 Å². The van der Waals surface area contributed by atoms with Crippen LogP contribution in [0.4, 0.5) is 27.5 Å². The Morgan fingerprint density at radius 3 is 2.31 bits per heavy atom. The number of nitrogens with zero attached hydrogens (tertiary/aromatic N) is 2. The van der Waals surface area contributed by atoms with Crippen LogP contribution in [0, 0.1) is 5.82 Å². The van der Waals surface area contributed by atoms with Gasteiger partial charge in [-0.2, -0.15) is 4.98 Å². The molecule has 29 heavy (non-hydrogen) atoms. The first kappa shape index (κ1) is 20.4. The molecule has 0 saturated heterocycles. The number of benzene rings is 2. The molecule has 2 aromatic carbocycles. The summed E-state index contributed by atoms with van der Waals surface area (Å²) in [6, 6.07) is 13.2. The third-order valence-corrected chi connectivity index (χ3v) is 4.38. The highest BCUT2D eigenvalue weighted by atomic mass is 19.1. The Morgan fingerprint density at radius 2 is 1.62 bits per heavy atom. The molecule has 0 unspecified atom stereocenters. The van der Waals surface area contributed by atoms with Crippen molar-refractivity contribution in [2.75, 3.05) is 24.9 Å². The van der Waals surface area contributed by atoms with Gasteiger partial charge in [-0.15, -0.1) is 0 Å². The molecule has 1 aromatic heterocycles. The monoisotopic (exact) mass is 396 g/mol. The van der Waals surface area contributed by atoms with Gasteiger partial charge in [0, 0.05) is 17.4 Å². The van der Waals surface area contributed by atoms with Crippen LogP contribution in [0.3, 0.4) is 0 Å². The van der Waals surface area contributed by atoms with Crippen molar-refractivity contribution in [3.63, 3.8) is 0 Å². The van der Waals surface area contributed by atoms with E-state index < -0.39 is 5.82 Å². The van der Waals surface area contributed by atoms with Gasteiger partial charge in [-0.25, -0.2) is 9.37 Å². The average molecular weight is 396 g/mol. The summed E-state index contributed by atoms with van der Waals surface area (Å²) < 4.78 is 24.8. The van der Waals surface area contributed by atoms with E-state index >= 15 is 0 Å². The molecule has 7 heteroatoms. The Kier molecular flexibility index (Phi) is 5.87. The Morgan fingerprint density at radius 1 is 0.897 bits per heavy atom. The Hall–Kier alpha value is -3.35. The first-order valence-corrected chi connectivity index (χ1v) is 9.19. The van der Waals surface area contributed by atoms with Gasteiger partial charge in [0.2, 0.25) is 5.95 Å². The molecule has 0 fully saturated rings. The molecule has 3 rings (SSSR count). The molecule has 0 bridgehead atoms. The van der Waals surface area contributed by atoms with Crippen molar-refractivity contribution in [3.05, 3.63) is 60.0 Å². The van der Waals surface area contributed by atoms with E-state index in [0.717, 1.165) is 11.9 Å². The number of hydrogen-bond donors (Lipinski definition) is 2. The minimum atomic E-state index is -0.561.